The molecule has 1 aliphatic rings. The van der Waals surface area contributed by atoms with Gasteiger partial charge >= 0.3 is 5.97 Å². The molecule has 0 bridgehead atoms. The first-order valence-corrected chi connectivity index (χ1v) is 17.5. The largest absolute Gasteiger partial charge is 0.508 e. The summed E-state index contributed by atoms with van der Waals surface area (Å²) in [7, 11) is 0. The molecule has 22 nitrogen and oxygen atoms in total. The second-order valence-electron chi connectivity index (χ2n) is 13.5. The normalized spacial score (nSPS) is 21.9. The van der Waals surface area contributed by atoms with Crippen LogP contribution in [0.3, 0.4) is 0 Å². The molecule has 13 N–H and O–H groups in total. The molecule has 1 fully saturated rings. The molecule has 0 aliphatic carbocycles. The first-order valence-electron chi connectivity index (χ1n) is 17.5. The Labute approximate surface area is 321 Å². The highest BCUT2D eigenvalue weighted by molar-refractivity contribution is 5.97. The smallest absolute Gasteiger partial charge is 0.328 e. The molecule has 2 rings (SSSR count). The number of amides is 7. The van der Waals surface area contributed by atoms with E-state index in [1.54, 1.807) is 13.8 Å². The van der Waals surface area contributed by atoms with Gasteiger partial charge in [-0.3, -0.25) is 33.6 Å². The fourth-order valence-corrected chi connectivity index (χ4v) is 5.48. The number of carbonyl (C=O) groups is 8. The standard InChI is InChI=1S/C34H51N7O15/c1-14(2)25(32(53)35-15(3)29(50)38-20(10-18-6-8-19(46)9-7-18)30(51)39-22(12-42)34(54)55)41-31(52)21(36-16(4)44)11-24(47)40-33-26(37-17(5)45)28(49)27(48)23(13-43)56-33/h6-9,14-15,20-23,25-28,33,42-43,46,48-49H,10-13H2,1-5H3,(H,35,53)(H,36,44)(H,37,45)(H,38,50)(H,39,51)(H,40,47)(H,41,52)(H,54,55)/t15-,20-,21-,22-,23+,25-,26+,27+,28+,33+/m0/s1. The predicted octanol–water partition coefficient (Wildman–Crippen LogP) is -5.42. The number of phenols is 1. The highest BCUT2D eigenvalue weighted by Crippen LogP contribution is 2.20. The summed E-state index contributed by atoms with van der Waals surface area (Å²) < 4.78 is 5.47. The average Bonchev–Trinajstić information content (AvgIpc) is 3.11. The van der Waals surface area contributed by atoms with Gasteiger partial charge < -0.3 is 72.6 Å². The molecule has 312 valence electrons. The molecule has 1 aromatic carbocycles. The van der Waals surface area contributed by atoms with E-state index in [-0.39, 0.29) is 12.2 Å². The number of aliphatic hydroxyl groups excluding tert-OH is 4. The van der Waals surface area contributed by atoms with Crippen LogP contribution in [0, 0.1) is 5.92 Å². The van der Waals surface area contributed by atoms with Crippen LogP contribution in [0.25, 0.3) is 0 Å². The number of carboxylic acids is 1. The molecule has 0 aromatic heterocycles. The van der Waals surface area contributed by atoms with Crippen molar-refractivity contribution < 1.29 is 73.7 Å². The van der Waals surface area contributed by atoms with Crippen LogP contribution in [0.5, 0.6) is 5.75 Å². The van der Waals surface area contributed by atoms with Gasteiger partial charge in [-0.1, -0.05) is 26.0 Å². The summed E-state index contributed by atoms with van der Waals surface area (Å²) in [6.07, 6.45) is -7.12. The van der Waals surface area contributed by atoms with Crippen LogP contribution in [0.4, 0.5) is 0 Å². The molecule has 1 heterocycles. The van der Waals surface area contributed by atoms with Crippen LogP contribution in [0.15, 0.2) is 24.3 Å². The number of benzene rings is 1. The molecule has 22 heteroatoms. The third-order valence-electron chi connectivity index (χ3n) is 8.49. The molecule has 0 saturated carbocycles. The van der Waals surface area contributed by atoms with Gasteiger partial charge in [-0.15, -0.1) is 0 Å². The Morgan fingerprint density at radius 3 is 1.82 bits per heavy atom. The summed E-state index contributed by atoms with van der Waals surface area (Å²) in [4.78, 5) is 101. The summed E-state index contributed by atoms with van der Waals surface area (Å²) in [6, 6.07) is -3.24. The topological polar surface area (TPSA) is 351 Å². The minimum atomic E-state index is -1.69. The fourth-order valence-electron chi connectivity index (χ4n) is 5.48. The van der Waals surface area contributed by atoms with E-state index in [9.17, 15) is 69.0 Å². The zero-order valence-electron chi connectivity index (χ0n) is 31.3. The molecule has 7 amide bonds. The van der Waals surface area contributed by atoms with E-state index in [2.05, 4.69) is 37.2 Å². The third kappa shape index (κ3) is 14.0. The Morgan fingerprint density at radius 2 is 1.30 bits per heavy atom. The van der Waals surface area contributed by atoms with Crippen LogP contribution in [0.2, 0.25) is 0 Å². The van der Waals surface area contributed by atoms with Crippen LogP contribution in [-0.4, -0.2) is 152 Å². The Balaban J connectivity index is 2.19. The van der Waals surface area contributed by atoms with Gasteiger partial charge in [-0.25, -0.2) is 4.79 Å². The van der Waals surface area contributed by atoms with E-state index in [0.29, 0.717) is 5.56 Å². The molecule has 56 heavy (non-hydrogen) atoms. The Kier molecular flexibility index (Phi) is 18.0. The van der Waals surface area contributed by atoms with Crippen molar-refractivity contribution in [2.75, 3.05) is 13.2 Å². The fraction of sp³-hybridized carbons (Fsp3) is 0.588. The van der Waals surface area contributed by atoms with E-state index >= 15 is 0 Å². The molecule has 1 aliphatic heterocycles. The summed E-state index contributed by atoms with van der Waals surface area (Å²) in [5.74, 6) is -8.37. The van der Waals surface area contributed by atoms with Gasteiger partial charge in [0, 0.05) is 20.3 Å². The number of carbonyl (C=O) groups excluding carboxylic acids is 7. The molecule has 10 atom stereocenters. The first kappa shape index (κ1) is 46.7. The van der Waals surface area contributed by atoms with Crippen molar-refractivity contribution in [2.45, 2.75) is 108 Å². The summed E-state index contributed by atoms with van der Waals surface area (Å²) in [5, 5.41) is 74.9. The van der Waals surface area contributed by atoms with Crippen molar-refractivity contribution >= 4 is 47.3 Å². The van der Waals surface area contributed by atoms with Crippen LogP contribution < -0.4 is 37.2 Å². The molecule has 1 saturated heterocycles. The summed E-state index contributed by atoms with van der Waals surface area (Å²) in [6.45, 7) is 4.82. The van der Waals surface area contributed by atoms with E-state index in [4.69, 9.17) is 4.74 Å². The minimum absolute atomic E-state index is 0.0788. The number of aliphatic hydroxyl groups is 4. The predicted molar refractivity (Wildman–Crippen MR) is 190 cm³/mol. The number of phenolic OH excluding ortho intramolecular Hbond substituents is 1. The lowest BCUT2D eigenvalue weighted by Crippen LogP contribution is -2.68. The summed E-state index contributed by atoms with van der Waals surface area (Å²) >= 11 is 0. The van der Waals surface area contributed by atoms with Gasteiger partial charge in [0.1, 0.15) is 60.3 Å². The maximum Gasteiger partial charge on any atom is 0.328 e. The highest BCUT2D eigenvalue weighted by atomic mass is 16.5. The highest BCUT2D eigenvalue weighted by Gasteiger charge is 2.45. The number of rotatable bonds is 19. The molecular formula is C34H51N7O15. The number of hydrogen-bond donors (Lipinski definition) is 13. The van der Waals surface area contributed by atoms with E-state index < -0.39 is 134 Å². The van der Waals surface area contributed by atoms with Crippen LogP contribution >= 0.6 is 0 Å². The van der Waals surface area contributed by atoms with E-state index in [1.807, 2.05) is 0 Å². The van der Waals surface area contributed by atoms with E-state index in [1.165, 1.54) is 31.2 Å². The second kappa shape index (κ2) is 21.6. The molecule has 1 aromatic rings. The van der Waals surface area contributed by atoms with Gasteiger partial charge in [0.25, 0.3) is 0 Å². The van der Waals surface area contributed by atoms with Gasteiger partial charge in [-0.05, 0) is 30.5 Å². The maximum atomic E-state index is 13.4. The van der Waals surface area contributed by atoms with Gasteiger partial charge in [0.05, 0.1) is 19.6 Å². The number of hydrogen-bond acceptors (Lipinski definition) is 14. The number of nitrogens with one attached hydrogen (secondary N) is 7. The molecule has 0 spiro atoms. The van der Waals surface area contributed by atoms with Crippen molar-refractivity contribution in [3.05, 3.63) is 29.8 Å². The van der Waals surface area contributed by atoms with Gasteiger partial charge in [0.15, 0.2) is 6.23 Å². The first-order chi connectivity index (χ1) is 26.2. The quantitative estimate of drug-likeness (QED) is 0.0621. The van der Waals surface area contributed by atoms with Crippen molar-refractivity contribution in [3.63, 3.8) is 0 Å². The van der Waals surface area contributed by atoms with Crippen LogP contribution in [0.1, 0.15) is 46.6 Å². The number of aliphatic carboxylic acids is 1. The van der Waals surface area contributed by atoms with Gasteiger partial charge in [0.2, 0.25) is 41.4 Å². The number of ether oxygens (including phenoxy) is 1. The monoisotopic (exact) mass is 797 g/mol. The third-order valence-corrected chi connectivity index (χ3v) is 8.49. The number of aromatic hydroxyl groups is 1. The second-order valence-corrected chi connectivity index (χ2v) is 13.5. The lowest BCUT2D eigenvalue weighted by atomic mass is 9.95. The van der Waals surface area contributed by atoms with Crippen molar-refractivity contribution in [1.82, 2.24) is 37.2 Å². The van der Waals surface area contributed by atoms with Crippen molar-refractivity contribution in [2.24, 2.45) is 5.92 Å². The van der Waals surface area contributed by atoms with E-state index in [0.717, 1.165) is 13.8 Å². The molecule has 0 unspecified atom stereocenters. The summed E-state index contributed by atoms with van der Waals surface area (Å²) in [5.41, 5.74) is 0.449. The molecular weight excluding hydrogens is 746 g/mol. The van der Waals surface area contributed by atoms with Crippen molar-refractivity contribution in [3.8, 4) is 5.75 Å². The maximum absolute atomic E-state index is 13.4. The lowest BCUT2D eigenvalue weighted by molar-refractivity contribution is -0.203. The Bertz CT molecular complexity index is 1580. The average molecular weight is 798 g/mol. The zero-order chi connectivity index (χ0) is 42.4. The minimum Gasteiger partial charge on any atom is -0.508 e. The van der Waals surface area contributed by atoms with Crippen molar-refractivity contribution in [1.29, 1.82) is 0 Å². The number of carboxylic acid groups (broad SMARTS) is 1. The van der Waals surface area contributed by atoms with Crippen LogP contribution in [-0.2, 0) is 49.5 Å². The lowest BCUT2D eigenvalue weighted by Gasteiger charge is -2.42. The Morgan fingerprint density at radius 1 is 0.714 bits per heavy atom. The molecule has 0 radical (unpaired) electrons. The Hall–Kier alpha value is -5.42. The van der Waals surface area contributed by atoms with Gasteiger partial charge in [-0.2, -0.15) is 0 Å². The zero-order valence-corrected chi connectivity index (χ0v) is 31.3. The SMILES string of the molecule is CC(=O)N[C@@H]1[C@@H](O)[C@H](O)[C@@H](CO)O[C@H]1NC(=O)C[C@H](NC(C)=O)C(=O)N[C@H](C(=O)N[C@@H](C)C(=O)N[C@@H](Cc1ccc(O)cc1)C(=O)N[C@@H](CO)C(=O)O)C(C)C.